The van der Waals surface area contributed by atoms with Gasteiger partial charge in [-0.15, -0.1) is 6.58 Å². The molecule has 0 heterocycles. The molecule has 8 rings (SSSR count). The van der Waals surface area contributed by atoms with E-state index in [0.29, 0.717) is 23.7 Å². The van der Waals surface area contributed by atoms with Crippen LogP contribution in [0.2, 0.25) is 0 Å². The molecule has 0 amide bonds. The van der Waals surface area contributed by atoms with Crippen molar-refractivity contribution in [2.45, 2.75) is 150 Å². The Labute approximate surface area is 448 Å². The maximum atomic E-state index is 5.55. The zero-order valence-electron chi connectivity index (χ0n) is 42.4. The molecule has 0 saturated heterocycles. The van der Waals surface area contributed by atoms with Crippen molar-refractivity contribution in [1.82, 2.24) is 0 Å². The molecule has 0 radical (unpaired) electrons. The standard InChI is InChI=1S/C36H40N2.C12H16.C9H18.2CH3.2BrH.2ClH.Ni.Zr/c1-21(2)26-15-11-16-27(22(3)4)33(26)37-35-30-19-9-13-25-14-10-20-31(32(25)30)36(35)38-34-28(23(5)6)17-12-18-29(34)24(7)8;1-2-5-10-8-9-11-6-3-4-7-12(10)11;1-2-3-6-9-7-4-5-8-9;;;;;;;;/h9-24H,1-8H3;2-4,6-7,10-12H,1,5,8-9H2;9H,2-8H2,1H3;2*1H3;4*1H;;/q;;;2*-1;;;;;+2;+4/p-4. The Hall–Kier alpha value is -1.38. The first-order valence-electron chi connectivity index (χ1n) is 24.1. The van der Waals surface area contributed by atoms with Crippen molar-refractivity contribution in [1.29, 1.82) is 0 Å². The molecule has 0 aromatic heterocycles. The fourth-order valence-electron chi connectivity index (χ4n) is 10.1. The van der Waals surface area contributed by atoms with E-state index in [-0.39, 0.29) is 14.9 Å². The second-order valence-electron chi connectivity index (χ2n) is 19.1. The molecule has 4 aliphatic rings. The summed E-state index contributed by atoms with van der Waals surface area (Å²) in [5.41, 5.74) is 11.7. The molecule has 4 aromatic rings. The molecule has 4 aliphatic carbocycles. The van der Waals surface area contributed by atoms with Crippen LogP contribution in [-0.2, 0) is 31.7 Å². The van der Waals surface area contributed by atoms with E-state index >= 15 is 0 Å². The quantitative estimate of drug-likeness (QED) is 0.0812. The fraction of sp³-hybridized carbons (Fsp3) is 0.458. The van der Waals surface area contributed by atoms with Crippen molar-refractivity contribution < 1.29 is 31.7 Å². The third-order valence-corrected chi connectivity index (χ3v) is 13.4. The second kappa shape index (κ2) is 32.6. The molecule has 3 unspecified atom stereocenters. The van der Waals surface area contributed by atoms with Crippen LogP contribution in [0.3, 0.4) is 0 Å². The number of nitrogens with zero attached hydrogens (tertiary/aromatic N) is 2. The third-order valence-electron chi connectivity index (χ3n) is 13.4. The van der Waals surface area contributed by atoms with Crippen LogP contribution < -0.4 is 0 Å². The molecule has 368 valence electrons. The Kier molecular flexibility index (Phi) is 30.0. The van der Waals surface area contributed by atoms with Gasteiger partial charge in [-0.1, -0.05) is 210 Å². The minimum absolute atomic E-state index is 0. The van der Waals surface area contributed by atoms with Crippen LogP contribution in [0.1, 0.15) is 184 Å². The van der Waals surface area contributed by atoms with Gasteiger partial charge in [-0.05, 0) is 94.2 Å². The maximum absolute atomic E-state index is 5.55. The molecule has 2 saturated carbocycles. The van der Waals surface area contributed by atoms with Crippen LogP contribution in [0.25, 0.3) is 10.8 Å². The molecule has 2 nitrogen and oxygen atoms in total. The van der Waals surface area contributed by atoms with Crippen LogP contribution in [0, 0.1) is 38.5 Å². The van der Waals surface area contributed by atoms with E-state index in [1.54, 1.807) is 0 Å². The van der Waals surface area contributed by atoms with Gasteiger partial charge in [0.1, 0.15) is 0 Å². The molecule has 0 N–H and O–H groups in total. The molecule has 2 fully saturated rings. The predicted octanol–water partition coefficient (Wildman–Crippen LogP) is 21.3. The Balaban J connectivity index is 0.000000431. The SMILES string of the molecule is C=CCC1CCC2C=CC=CC21.CC(C)c1cccc(C(C)C)c1N=C1C(=Nc2c(C(C)C)cccc2C(C)C)c2cccc3cccc1c23.CCCCC1CCCC1.[Br][Ni][Br].[CH3-].[CH3-].[Cl][Zr+2][Cl]. The van der Waals surface area contributed by atoms with Crippen molar-refractivity contribution in [3.63, 3.8) is 0 Å². The van der Waals surface area contributed by atoms with E-state index < -0.39 is 20.8 Å². The van der Waals surface area contributed by atoms with Crippen molar-refractivity contribution >= 4 is 79.0 Å². The van der Waals surface area contributed by atoms with Crippen LogP contribution in [0.15, 0.2) is 120 Å². The second-order valence-corrected chi connectivity index (χ2v) is 27.8. The number of aliphatic imine (C=N–C) groups is 2. The first kappa shape index (κ1) is 61.7. The van der Waals surface area contributed by atoms with Gasteiger partial charge in [0, 0.05) is 16.5 Å². The monoisotopic (exact) mass is 1190 g/mol. The van der Waals surface area contributed by atoms with Gasteiger partial charge in [0.05, 0.1) is 22.8 Å². The number of rotatable bonds is 11. The van der Waals surface area contributed by atoms with Gasteiger partial charge in [-0.3, -0.25) is 0 Å². The number of allylic oxidation sites excluding steroid dienone is 5. The zero-order valence-corrected chi connectivity index (χ0v) is 50.6. The molecule has 67 heavy (non-hydrogen) atoms. The van der Waals surface area contributed by atoms with Gasteiger partial charge in [0.2, 0.25) is 0 Å². The number of fused-ring (bicyclic) bond motifs is 1. The molecule has 0 aliphatic heterocycles. The van der Waals surface area contributed by atoms with E-state index in [0.717, 1.165) is 46.5 Å². The zero-order chi connectivity index (χ0) is 47.5. The Morgan fingerprint density at radius 2 is 1.09 bits per heavy atom. The summed E-state index contributed by atoms with van der Waals surface area (Å²) < 4.78 is 0. The van der Waals surface area contributed by atoms with Gasteiger partial charge in [-0.25, -0.2) is 9.98 Å². The Morgan fingerprint density at radius 3 is 1.49 bits per heavy atom. The van der Waals surface area contributed by atoms with Gasteiger partial charge in [0.15, 0.2) is 0 Å². The predicted molar refractivity (Wildman–Crippen MR) is 302 cm³/mol. The number of hydrogen-bond donors (Lipinski definition) is 0. The van der Waals surface area contributed by atoms with E-state index in [1.165, 1.54) is 119 Å². The Morgan fingerprint density at radius 1 is 0.672 bits per heavy atom. The van der Waals surface area contributed by atoms with Gasteiger partial charge >= 0.3 is 77.2 Å². The van der Waals surface area contributed by atoms with Crippen LogP contribution in [0.4, 0.5) is 11.4 Å². The van der Waals surface area contributed by atoms with Gasteiger partial charge in [-0.2, -0.15) is 0 Å². The summed E-state index contributed by atoms with van der Waals surface area (Å²) in [5.74, 6) is 5.14. The van der Waals surface area contributed by atoms with Crippen LogP contribution >= 0.6 is 45.5 Å². The van der Waals surface area contributed by atoms with E-state index in [4.69, 9.17) is 27.0 Å². The summed E-state index contributed by atoms with van der Waals surface area (Å²) in [6, 6.07) is 26.5. The van der Waals surface area contributed by atoms with E-state index in [9.17, 15) is 0 Å². The molecular formula is C59H80Br2Cl2N2NiZr. The third kappa shape index (κ3) is 17.4. The van der Waals surface area contributed by atoms with Crippen LogP contribution in [0.5, 0.6) is 0 Å². The van der Waals surface area contributed by atoms with Crippen molar-refractivity contribution in [3.05, 3.63) is 158 Å². The van der Waals surface area contributed by atoms with Crippen molar-refractivity contribution in [2.24, 2.45) is 33.7 Å². The minimum atomic E-state index is -0.826. The van der Waals surface area contributed by atoms with E-state index in [1.807, 2.05) is 0 Å². The van der Waals surface area contributed by atoms with Crippen LogP contribution in [-0.4, -0.2) is 11.4 Å². The fourth-order valence-corrected chi connectivity index (χ4v) is 10.1. The average Bonchev–Trinajstić information content (AvgIpc) is 4.04. The summed E-state index contributed by atoms with van der Waals surface area (Å²) in [7, 11) is 11.1. The first-order valence-corrected chi connectivity index (χ1v) is 35.3. The number of para-hydroxylation sites is 2. The summed E-state index contributed by atoms with van der Waals surface area (Å²) in [6.07, 6.45) is 25.6. The number of halogens is 4. The topological polar surface area (TPSA) is 24.7 Å². The molecule has 4 aromatic carbocycles. The molecule has 3 atom stereocenters. The summed E-state index contributed by atoms with van der Waals surface area (Å²) in [5, 5.41) is 2.49. The number of benzene rings is 4. The molecule has 8 heteroatoms. The normalized spacial score (nSPS) is 18.9. The van der Waals surface area contributed by atoms with Crippen molar-refractivity contribution in [2.75, 3.05) is 0 Å². The molecule has 0 bridgehead atoms. The summed E-state index contributed by atoms with van der Waals surface area (Å²) in [4.78, 5) is 11.1. The van der Waals surface area contributed by atoms with Gasteiger partial charge < -0.3 is 14.9 Å². The summed E-state index contributed by atoms with van der Waals surface area (Å²) >= 11 is 5.17. The number of hydrogen-bond acceptors (Lipinski definition) is 2. The number of unbranched alkanes of at least 4 members (excludes halogenated alkanes) is 1. The molecule has 0 spiro atoms. The van der Waals surface area contributed by atoms with E-state index in [2.05, 4.69) is 201 Å². The van der Waals surface area contributed by atoms with Gasteiger partial charge in [0.25, 0.3) is 0 Å². The molecular weight excluding hydrogens is 1120 g/mol. The summed E-state index contributed by atoms with van der Waals surface area (Å²) in [6.45, 7) is 24.2. The van der Waals surface area contributed by atoms with Crippen molar-refractivity contribution in [3.8, 4) is 0 Å². The Bertz CT molecular complexity index is 2050. The first-order chi connectivity index (χ1) is 31.4. The average molecular weight is 1200 g/mol.